The monoisotopic (exact) mass is 433 g/mol. The number of nitrogens with zero attached hydrogens (tertiary/aromatic N) is 2. The van der Waals surface area contributed by atoms with Gasteiger partial charge in [0.1, 0.15) is 17.3 Å². The Bertz CT molecular complexity index is 1080. The lowest BCUT2D eigenvalue weighted by atomic mass is 10.1. The van der Waals surface area contributed by atoms with E-state index >= 15 is 0 Å². The van der Waals surface area contributed by atoms with E-state index in [0.717, 1.165) is 0 Å². The average molecular weight is 434 g/mol. The zero-order valence-electron chi connectivity index (χ0n) is 14.7. The van der Waals surface area contributed by atoms with E-state index in [1.807, 2.05) is 0 Å². The number of hydrazone groups is 1. The van der Waals surface area contributed by atoms with Crippen LogP contribution >= 0.6 is 23.2 Å². The fourth-order valence-corrected chi connectivity index (χ4v) is 2.75. The fourth-order valence-electron chi connectivity index (χ4n) is 2.29. The summed E-state index contributed by atoms with van der Waals surface area (Å²) in [6, 6.07) is 14.1. The van der Waals surface area contributed by atoms with Crippen LogP contribution in [0.25, 0.3) is 11.3 Å². The molecule has 1 heterocycles. The fraction of sp³-hybridized carbons (Fsp3) is 0.0526. The molecule has 1 N–H and O–H groups in total. The minimum absolute atomic E-state index is 0.117. The summed E-state index contributed by atoms with van der Waals surface area (Å²) in [4.78, 5) is 22.0. The zero-order chi connectivity index (χ0) is 20.8. The molecule has 0 spiro atoms. The number of rotatable bonds is 7. The third-order valence-corrected chi connectivity index (χ3v) is 4.26. The van der Waals surface area contributed by atoms with E-state index in [-0.39, 0.29) is 17.3 Å². The first-order valence-electron chi connectivity index (χ1n) is 8.17. The SMILES string of the molecule is O=C(COc1ccccc1Cl)N/N=C/c1ccc(-c2ccc([N+](=O)[O-])cc2Cl)o1. The molecular formula is C19H13Cl2N3O5. The Morgan fingerprint density at radius 3 is 2.69 bits per heavy atom. The van der Waals surface area contributed by atoms with E-state index in [2.05, 4.69) is 10.5 Å². The van der Waals surface area contributed by atoms with Crippen LogP contribution in [0, 0.1) is 10.1 Å². The number of amides is 1. The van der Waals surface area contributed by atoms with Gasteiger partial charge in [-0.1, -0.05) is 35.3 Å². The second-order valence-electron chi connectivity index (χ2n) is 5.64. The van der Waals surface area contributed by atoms with Gasteiger partial charge < -0.3 is 9.15 Å². The van der Waals surface area contributed by atoms with Crippen LogP contribution in [0.15, 0.2) is 64.1 Å². The van der Waals surface area contributed by atoms with Gasteiger partial charge in [0, 0.05) is 17.7 Å². The normalized spacial score (nSPS) is 10.8. The van der Waals surface area contributed by atoms with E-state index in [1.165, 1.54) is 24.4 Å². The van der Waals surface area contributed by atoms with Crippen LogP contribution < -0.4 is 10.2 Å². The topological polar surface area (TPSA) is 107 Å². The molecular weight excluding hydrogens is 421 g/mol. The number of para-hydroxylation sites is 1. The maximum absolute atomic E-state index is 11.8. The molecule has 0 aliphatic carbocycles. The summed E-state index contributed by atoms with van der Waals surface area (Å²) in [7, 11) is 0. The second-order valence-corrected chi connectivity index (χ2v) is 6.45. The predicted molar refractivity (Wildman–Crippen MR) is 108 cm³/mol. The van der Waals surface area contributed by atoms with E-state index in [9.17, 15) is 14.9 Å². The Kier molecular flexibility index (Phi) is 6.48. The van der Waals surface area contributed by atoms with Crippen molar-refractivity contribution in [2.75, 3.05) is 6.61 Å². The van der Waals surface area contributed by atoms with Crippen molar-refractivity contribution >= 4 is 41.0 Å². The van der Waals surface area contributed by atoms with Crippen LogP contribution in [0.4, 0.5) is 5.69 Å². The van der Waals surface area contributed by atoms with Crippen LogP contribution in [0.2, 0.25) is 10.0 Å². The highest BCUT2D eigenvalue weighted by atomic mass is 35.5. The quantitative estimate of drug-likeness (QED) is 0.330. The van der Waals surface area contributed by atoms with Gasteiger partial charge in [-0.25, -0.2) is 5.43 Å². The molecule has 29 heavy (non-hydrogen) atoms. The predicted octanol–water partition coefficient (Wildman–Crippen LogP) is 4.69. The number of carbonyl (C=O) groups excluding carboxylic acids is 1. The molecule has 8 nitrogen and oxygen atoms in total. The van der Waals surface area contributed by atoms with Gasteiger partial charge in [-0.3, -0.25) is 14.9 Å². The second kappa shape index (κ2) is 9.22. The number of hydrogen-bond donors (Lipinski definition) is 1. The summed E-state index contributed by atoms with van der Waals surface area (Å²) in [5.41, 5.74) is 2.68. The molecule has 0 unspecified atom stereocenters. The van der Waals surface area contributed by atoms with Crippen LogP contribution in [-0.2, 0) is 4.79 Å². The number of carbonyl (C=O) groups is 1. The molecule has 1 amide bonds. The van der Waals surface area contributed by atoms with Gasteiger partial charge in [0.25, 0.3) is 11.6 Å². The molecule has 3 rings (SSSR count). The number of halogens is 2. The first-order chi connectivity index (χ1) is 13.9. The third-order valence-electron chi connectivity index (χ3n) is 3.63. The summed E-state index contributed by atoms with van der Waals surface area (Å²) in [5.74, 6) is 0.664. The van der Waals surface area contributed by atoms with Crippen LogP contribution in [0.1, 0.15) is 5.76 Å². The van der Waals surface area contributed by atoms with Crippen molar-refractivity contribution in [2.24, 2.45) is 5.10 Å². The first kappa shape index (κ1) is 20.4. The van der Waals surface area contributed by atoms with E-state index in [0.29, 0.717) is 27.9 Å². The number of ether oxygens (including phenoxy) is 1. The van der Waals surface area contributed by atoms with Gasteiger partial charge in [-0.15, -0.1) is 0 Å². The van der Waals surface area contributed by atoms with Crippen molar-refractivity contribution in [3.63, 3.8) is 0 Å². The van der Waals surface area contributed by atoms with Crippen LogP contribution in [-0.4, -0.2) is 23.7 Å². The average Bonchev–Trinajstić information content (AvgIpc) is 3.15. The molecule has 0 aliphatic rings. The first-order valence-corrected chi connectivity index (χ1v) is 8.93. The molecule has 0 aliphatic heterocycles. The Morgan fingerprint density at radius 1 is 1.17 bits per heavy atom. The van der Waals surface area contributed by atoms with Crippen LogP contribution in [0.3, 0.4) is 0 Å². The number of furan rings is 1. The number of hydrogen-bond acceptors (Lipinski definition) is 6. The summed E-state index contributed by atoms with van der Waals surface area (Å²) in [5, 5.41) is 15.1. The number of nitro benzene ring substituents is 1. The maximum Gasteiger partial charge on any atom is 0.277 e. The molecule has 10 heteroatoms. The summed E-state index contributed by atoms with van der Waals surface area (Å²) in [6.07, 6.45) is 1.30. The molecule has 0 bridgehead atoms. The zero-order valence-corrected chi connectivity index (χ0v) is 16.2. The third kappa shape index (κ3) is 5.34. The Morgan fingerprint density at radius 2 is 1.97 bits per heavy atom. The van der Waals surface area contributed by atoms with Crippen molar-refractivity contribution in [1.29, 1.82) is 0 Å². The number of non-ortho nitro benzene ring substituents is 1. The highest BCUT2D eigenvalue weighted by Crippen LogP contribution is 2.32. The minimum atomic E-state index is -0.534. The lowest BCUT2D eigenvalue weighted by Gasteiger charge is -2.06. The van der Waals surface area contributed by atoms with Crippen molar-refractivity contribution in [2.45, 2.75) is 0 Å². The van der Waals surface area contributed by atoms with Gasteiger partial charge in [0.15, 0.2) is 6.61 Å². The molecule has 0 atom stereocenters. The minimum Gasteiger partial charge on any atom is -0.482 e. The molecule has 3 aromatic rings. The molecule has 148 valence electrons. The smallest absolute Gasteiger partial charge is 0.277 e. The molecule has 2 aromatic carbocycles. The Labute approximate surface area is 174 Å². The lowest BCUT2D eigenvalue weighted by molar-refractivity contribution is -0.384. The Balaban J connectivity index is 1.57. The van der Waals surface area contributed by atoms with E-state index < -0.39 is 10.8 Å². The Hall–Kier alpha value is -3.36. The number of benzene rings is 2. The van der Waals surface area contributed by atoms with E-state index in [1.54, 1.807) is 36.4 Å². The van der Waals surface area contributed by atoms with E-state index in [4.69, 9.17) is 32.4 Å². The summed E-state index contributed by atoms with van der Waals surface area (Å²) >= 11 is 12.0. The molecule has 1 aromatic heterocycles. The maximum atomic E-state index is 11.8. The highest BCUT2D eigenvalue weighted by Gasteiger charge is 2.13. The van der Waals surface area contributed by atoms with Gasteiger partial charge in [0.05, 0.1) is 21.2 Å². The lowest BCUT2D eigenvalue weighted by Crippen LogP contribution is -2.24. The molecule has 0 radical (unpaired) electrons. The van der Waals surface area contributed by atoms with Crippen molar-refractivity contribution in [3.05, 3.63) is 80.5 Å². The largest absolute Gasteiger partial charge is 0.482 e. The summed E-state index contributed by atoms with van der Waals surface area (Å²) < 4.78 is 10.9. The van der Waals surface area contributed by atoms with Crippen molar-refractivity contribution < 1.29 is 18.9 Å². The number of nitro groups is 1. The van der Waals surface area contributed by atoms with Gasteiger partial charge >= 0.3 is 0 Å². The molecule has 0 saturated heterocycles. The van der Waals surface area contributed by atoms with Gasteiger partial charge in [-0.05, 0) is 30.3 Å². The van der Waals surface area contributed by atoms with Gasteiger partial charge in [0.2, 0.25) is 0 Å². The molecule has 0 fully saturated rings. The van der Waals surface area contributed by atoms with Crippen molar-refractivity contribution in [1.82, 2.24) is 5.43 Å². The number of nitrogens with one attached hydrogen (secondary N) is 1. The standard InChI is InChI=1S/C19H13Cl2N3O5/c20-15-3-1-2-4-18(15)28-11-19(25)23-22-10-13-6-8-17(29-13)14-7-5-12(24(26)27)9-16(14)21/h1-10H,11H2,(H,23,25)/b22-10+. The molecule has 0 saturated carbocycles. The van der Waals surface area contributed by atoms with Gasteiger partial charge in [-0.2, -0.15) is 5.10 Å². The summed E-state index contributed by atoms with van der Waals surface area (Å²) in [6.45, 7) is -0.261. The highest BCUT2D eigenvalue weighted by molar-refractivity contribution is 6.33. The van der Waals surface area contributed by atoms with Crippen molar-refractivity contribution in [3.8, 4) is 17.1 Å². The van der Waals surface area contributed by atoms with Crippen LogP contribution in [0.5, 0.6) is 5.75 Å².